The number of carbonyl (C=O) groups excluding carboxylic acids is 1. The fourth-order valence-electron chi connectivity index (χ4n) is 4.80. The maximum atomic E-state index is 12.0. The van der Waals surface area contributed by atoms with E-state index in [2.05, 4.69) is 4.98 Å². The van der Waals surface area contributed by atoms with E-state index in [0.717, 1.165) is 42.0 Å². The third kappa shape index (κ3) is 4.60. The van der Waals surface area contributed by atoms with Gasteiger partial charge in [-0.3, -0.25) is 0 Å². The van der Waals surface area contributed by atoms with Crippen molar-refractivity contribution in [3.63, 3.8) is 0 Å². The summed E-state index contributed by atoms with van der Waals surface area (Å²) in [6.07, 6.45) is 8.25. The molecule has 0 amide bonds. The van der Waals surface area contributed by atoms with Gasteiger partial charge in [0.25, 0.3) is 0 Å². The standard InChI is InChI=1S/C27H29N5O4/c1-17-25-27(30-26(28-17)22(16-33)20-10-12-31(34)13-11-20)32(18(2)29-25)15-19-8-9-23(35-3)24(14-19)36-21-6-4-5-7-21/h8-14,16,21-22H,4-7,15H2,1-3H3. The summed E-state index contributed by atoms with van der Waals surface area (Å²) < 4.78 is 14.5. The van der Waals surface area contributed by atoms with E-state index in [1.54, 1.807) is 19.2 Å². The molecule has 186 valence electrons. The number of ether oxygens (including phenoxy) is 2. The number of carbonyl (C=O) groups is 1. The lowest BCUT2D eigenvalue weighted by Gasteiger charge is -2.17. The highest BCUT2D eigenvalue weighted by Crippen LogP contribution is 2.33. The lowest BCUT2D eigenvalue weighted by Crippen LogP contribution is -2.24. The molecule has 0 N–H and O–H groups in total. The molecule has 0 spiro atoms. The molecule has 9 nitrogen and oxygen atoms in total. The molecular weight excluding hydrogens is 458 g/mol. The lowest BCUT2D eigenvalue weighted by molar-refractivity contribution is -0.605. The van der Waals surface area contributed by atoms with Gasteiger partial charge in [-0.25, -0.2) is 15.0 Å². The van der Waals surface area contributed by atoms with E-state index in [9.17, 15) is 10.0 Å². The van der Waals surface area contributed by atoms with Gasteiger partial charge in [0.2, 0.25) is 0 Å². The number of pyridine rings is 1. The molecule has 1 saturated carbocycles. The molecule has 0 saturated heterocycles. The van der Waals surface area contributed by atoms with Gasteiger partial charge < -0.3 is 24.0 Å². The molecule has 3 heterocycles. The average Bonchev–Trinajstić information content (AvgIpc) is 3.49. The Morgan fingerprint density at radius 2 is 1.86 bits per heavy atom. The average molecular weight is 488 g/mol. The first-order valence-corrected chi connectivity index (χ1v) is 12.2. The van der Waals surface area contributed by atoms with Crippen LogP contribution in [0, 0.1) is 19.1 Å². The summed E-state index contributed by atoms with van der Waals surface area (Å²) in [7, 11) is 1.65. The Morgan fingerprint density at radius 1 is 1.11 bits per heavy atom. The van der Waals surface area contributed by atoms with Gasteiger partial charge in [-0.1, -0.05) is 6.07 Å². The molecule has 1 aromatic carbocycles. The van der Waals surface area contributed by atoms with Crippen molar-refractivity contribution in [3.8, 4) is 11.5 Å². The van der Waals surface area contributed by atoms with Crippen LogP contribution >= 0.6 is 0 Å². The van der Waals surface area contributed by atoms with Gasteiger partial charge in [0, 0.05) is 12.1 Å². The second kappa shape index (κ2) is 9.93. The Morgan fingerprint density at radius 3 is 2.56 bits per heavy atom. The van der Waals surface area contributed by atoms with Crippen molar-refractivity contribution in [3.05, 3.63) is 76.4 Å². The minimum absolute atomic E-state index is 0.220. The van der Waals surface area contributed by atoms with Crippen molar-refractivity contribution in [2.24, 2.45) is 0 Å². The van der Waals surface area contributed by atoms with Crippen LogP contribution in [0.5, 0.6) is 11.5 Å². The highest BCUT2D eigenvalue weighted by atomic mass is 16.5. The highest BCUT2D eigenvalue weighted by molar-refractivity contribution is 5.76. The first-order valence-electron chi connectivity index (χ1n) is 12.2. The lowest BCUT2D eigenvalue weighted by atomic mass is 10.0. The first-order chi connectivity index (χ1) is 17.5. The normalized spacial score (nSPS) is 14.8. The van der Waals surface area contributed by atoms with Crippen molar-refractivity contribution in [2.75, 3.05) is 7.11 Å². The SMILES string of the molecule is COc1ccc(Cn2c(C)nc3c(C)nc(C(C=O)c4cc[n+]([O-])cc4)nc32)cc1OC1CCCC1. The topological polar surface area (TPSA) is 106 Å². The number of aromatic nitrogens is 5. The molecule has 1 aliphatic rings. The number of methoxy groups -OCH3 is 1. The summed E-state index contributed by atoms with van der Waals surface area (Å²) in [6, 6.07) is 9.19. The molecule has 36 heavy (non-hydrogen) atoms. The number of hydrogen-bond donors (Lipinski definition) is 0. The second-order valence-corrected chi connectivity index (χ2v) is 9.20. The number of nitrogens with zero attached hydrogens (tertiary/aromatic N) is 5. The first kappa shape index (κ1) is 23.7. The van der Waals surface area contributed by atoms with Crippen molar-refractivity contribution >= 4 is 17.5 Å². The van der Waals surface area contributed by atoms with Gasteiger partial charge in [-0.2, -0.15) is 4.73 Å². The Kier molecular flexibility index (Phi) is 6.54. The van der Waals surface area contributed by atoms with Crippen LogP contribution in [0.4, 0.5) is 0 Å². The molecule has 9 heteroatoms. The van der Waals surface area contributed by atoms with Crippen molar-refractivity contribution in [1.82, 2.24) is 19.5 Å². The summed E-state index contributed by atoms with van der Waals surface area (Å²) >= 11 is 0. The van der Waals surface area contributed by atoms with Gasteiger partial charge in [-0.05, 0) is 62.8 Å². The minimum Gasteiger partial charge on any atom is -0.619 e. The number of hydrogen-bond acceptors (Lipinski definition) is 7. The fraction of sp³-hybridized carbons (Fsp3) is 0.370. The minimum atomic E-state index is -0.689. The number of aryl methyl sites for hydroxylation is 2. The Bertz CT molecular complexity index is 1390. The number of fused-ring (bicyclic) bond motifs is 1. The number of aldehydes is 1. The molecule has 5 rings (SSSR count). The maximum Gasteiger partial charge on any atom is 0.180 e. The summed E-state index contributed by atoms with van der Waals surface area (Å²) in [5.41, 5.74) is 3.73. The summed E-state index contributed by atoms with van der Waals surface area (Å²) in [5.74, 6) is 1.94. The predicted molar refractivity (Wildman–Crippen MR) is 133 cm³/mol. The molecule has 1 unspecified atom stereocenters. The largest absolute Gasteiger partial charge is 0.619 e. The molecule has 0 bridgehead atoms. The third-order valence-corrected chi connectivity index (χ3v) is 6.74. The van der Waals surface area contributed by atoms with Crippen LogP contribution in [0.3, 0.4) is 0 Å². The number of imidazole rings is 1. The van der Waals surface area contributed by atoms with Gasteiger partial charge >= 0.3 is 0 Å². The van der Waals surface area contributed by atoms with E-state index >= 15 is 0 Å². The second-order valence-electron chi connectivity index (χ2n) is 9.20. The van der Waals surface area contributed by atoms with Crippen LogP contribution in [0.15, 0.2) is 42.7 Å². The Hall–Kier alpha value is -4.01. The fourth-order valence-corrected chi connectivity index (χ4v) is 4.80. The van der Waals surface area contributed by atoms with Crippen LogP contribution in [0.25, 0.3) is 11.2 Å². The van der Waals surface area contributed by atoms with Crippen LogP contribution in [-0.2, 0) is 11.3 Å². The predicted octanol–water partition coefficient (Wildman–Crippen LogP) is 3.79. The molecular formula is C27H29N5O4. The highest BCUT2D eigenvalue weighted by Gasteiger charge is 2.22. The Balaban J connectivity index is 1.52. The van der Waals surface area contributed by atoms with E-state index in [-0.39, 0.29) is 6.10 Å². The molecule has 4 aromatic rings. The van der Waals surface area contributed by atoms with Gasteiger partial charge in [0.05, 0.1) is 25.5 Å². The molecule has 1 fully saturated rings. The molecule has 3 aromatic heterocycles. The number of rotatable bonds is 8. The van der Waals surface area contributed by atoms with Crippen LogP contribution in [0.2, 0.25) is 0 Å². The van der Waals surface area contributed by atoms with Crippen LogP contribution < -0.4 is 14.2 Å². The van der Waals surface area contributed by atoms with E-state index in [1.165, 1.54) is 25.2 Å². The van der Waals surface area contributed by atoms with E-state index in [1.807, 2.05) is 36.6 Å². The van der Waals surface area contributed by atoms with Crippen molar-refractivity contribution in [1.29, 1.82) is 0 Å². The Labute approximate surface area is 209 Å². The summed E-state index contributed by atoms with van der Waals surface area (Å²) in [6.45, 7) is 4.32. The molecule has 0 radical (unpaired) electrons. The summed E-state index contributed by atoms with van der Waals surface area (Å²) in [4.78, 5) is 26.1. The zero-order valence-corrected chi connectivity index (χ0v) is 20.7. The third-order valence-electron chi connectivity index (χ3n) is 6.74. The van der Waals surface area contributed by atoms with Crippen LogP contribution in [0.1, 0.15) is 60.1 Å². The molecule has 1 aliphatic carbocycles. The molecule has 0 aliphatic heterocycles. The van der Waals surface area contributed by atoms with Gasteiger partial charge in [0.1, 0.15) is 29.4 Å². The van der Waals surface area contributed by atoms with Gasteiger partial charge in [-0.15, -0.1) is 0 Å². The molecule has 1 atom stereocenters. The summed E-state index contributed by atoms with van der Waals surface area (Å²) in [5, 5.41) is 11.4. The zero-order valence-electron chi connectivity index (χ0n) is 20.7. The van der Waals surface area contributed by atoms with E-state index in [4.69, 9.17) is 19.4 Å². The van der Waals surface area contributed by atoms with E-state index in [0.29, 0.717) is 39.5 Å². The zero-order chi connectivity index (χ0) is 25.2. The van der Waals surface area contributed by atoms with Crippen molar-refractivity contribution in [2.45, 2.75) is 58.1 Å². The monoisotopic (exact) mass is 487 g/mol. The van der Waals surface area contributed by atoms with Gasteiger partial charge in [0.15, 0.2) is 29.5 Å². The maximum absolute atomic E-state index is 12.0. The quantitative estimate of drug-likeness (QED) is 0.211. The smallest absolute Gasteiger partial charge is 0.180 e. The van der Waals surface area contributed by atoms with Crippen molar-refractivity contribution < 1.29 is 19.0 Å². The van der Waals surface area contributed by atoms with E-state index < -0.39 is 5.92 Å². The van der Waals surface area contributed by atoms with Crippen LogP contribution in [-0.4, -0.2) is 39.0 Å². The number of benzene rings is 1.